The highest BCUT2D eigenvalue weighted by Gasteiger charge is 2.33. The van der Waals surface area contributed by atoms with E-state index in [0.29, 0.717) is 5.92 Å². The number of piperidine rings is 1. The molecule has 2 fully saturated rings. The number of anilines is 1. The van der Waals surface area contributed by atoms with E-state index in [2.05, 4.69) is 5.32 Å². The molecule has 2 aliphatic rings. The average molecular weight is 311 g/mol. The molecule has 3 rings (SSSR count). The molecular formula is C16H20ClFN2O. The lowest BCUT2D eigenvalue weighted by Gasteiger charge is -2.41. The fourth-order valence-electron chi connectivity index (χ4n) is 3.58. The number of likely N-dealkylation sites (tertiary alicyclic amines) is 1. The molecule has 0 spiro atoms. The van der Waals surface area contributed by atoms with Crippen LogP contribution in [0.4, 0.5) is 14.9 Å². The van der Waals surface area contributed by atoms with Gasteiger partial charge < -0.3 is 10.2 Å². The predicted octanol–water partition coefficient (Wildman–Crippen LogP) is 4.52. The number of fused-ring (bicyclic) bond motifs is 1. The molecule has 0 unspecified atom stereocenters. The Morgan fingerprint density at radius 1 is 1.24 bits per heavy atom. The second-order valence-corrected chi connectivity index (χ2v) is 6.48. The molecule has 1 aromatic rings. The zero-order valence-corrected chi connectivity index (χ0v) is 12.7. The molecule has 0 aromatic heterocycles. The van der Waals surface area contributed by atoms with Crippen molar-refractivity contribution in [3.63, 3.8) is 0 Å². The summed E-state index contributed by atoms with van der Waals surface area (Å²) in [5, 5.41) is 2.67. The van der Waals surface area contributed by atoms with E-state index in [1.807, 2.05) is 4.90 Å². The maximum absolute atomic E-state index is 13.8. The Hall–Kier alpha value is -1.29. The van der Waals surface area contributed by atoms with Crippen molar-refractivity contribution in [2.75, 3.05) is 18.4 Å². The lowest BCUT2D eigenvalue weighted by molar-refractivity contribution is 0.108. The molecule has 5 heteroatoms. The molecule has 1 N–H and O–H groups in total. The second kappa shape index (κ2) is 6.22. The van der Waals surface area contributed by atoms with Gasteiger partial charge in [0.05, 0.1) is 10.7 Å². The highest BCUT2D eigenvalue weighted by atomic mass is 35.5. The quantitative estimate of drug-likeness (QED) is 0.812. The van der Waals surface area contributed by atoms with Crippen LogP contribution in [-0.4, -0.2) is 24.0 Å². The second-order valence-electron chi connectivity index (χ2n) is 6.07. The predicted molar refractivity (Wildman–Crippen MR) is 82.1 cm³/mol. The van der Waals surface area contributed by atoms with Gasteiger partial charge in [-0.3, -0.25) is 0 Å². The van der Waals surface area contributed by atoms with Crippen LogP contribution in [0.15, 0.2) is 18.2 Å². The normalized spacial score (nSPS) is 25.3. The van der Waals surface area contributed by atoms with E-state index in [0.717, 1.165) is 25.4 Å². The average Bonchev–Trinajstić information content (AvgIpc) is 2.51. The molecule has 2 amide bonds. The molecule has 1 aliphatic heterocycles. The smallest absolute Gasteiger partial charge is 0.321 e. The maximum atomic E-state index is 13.8. The van der Waals surface area contributed by atoms with Crippen LogP contribution in [0.1, 0.15) is 32.1 Å². The van der Waals surface area contributed by atoms with E-state index in [9.17, 15) is 9.18 Å². The zero-order valence-electron chi connectivity index (χ0n) is 11.9. The third-order valence-electron chi connectivity index (χ3n) is 4.77. The SMILES string of the molecule is O=C(Nc1cccc(Cl)c1F)N1CC[C@H]2CCCC[C@H]2C1. The van der Waals surface area contributed by atoms with Crippen molar-refractivity contribution < 1.29 is 9.18 Å². The first-order valence-corrected chi connectivity index (χ1v) is 8.03. The van der Waals surface area contributed by atoms with Gasteiger partial charge in [-0.15, -0.1) is 0 Å². The Morgan fingerprint density at radius 2 is 2.00 bits per heavy atom. The number of benzene rings is 1. The Labute approximate surface area is 129 Å². The number of amides is 2. The molecule has 0 radical (unpaired) electrons. The summed E-state index contributed by atoms with van der Waals surface area (Å²) in [6.07, 6.45) is 6.15. The van der Waals surface area contributed by atoms with Gasteiger partial charge in [-0.05, 0) is 36.8 Å². The topological polar surface area (TPSA) is 32.3 Å². The van der Waals surface area contributed by atoms with Gasteiger partial charge in [-0.25, -0.2) is 9.18 Å². The van der Waals surface area contributed by atoms with E-state index >= 15 is 0 Å². The van der Waals surface area contributed by atoms with Crippen molar-refractivity contribution in [1.29, 1.82) is 0 Å². The molecule has 3 nitrogen and oxygen atoms in total. The Morgan fingerprint density at radius 3 is 2.81 bits per heavy atom. The Kier molecular flexibility index (Phi) is 4.34. The van der Waals surface area contributed by atoms with Gasteiger partial charge in [0, 0.05) is 13.1 Å². The summed E-state index contributed by atoms with van der Waals surface area (Å²) in [5.74, 6) is 0.813. The molecule has 114 valence electrons. The molecule has 1 saturated carbocycles. The number of carbonyl (C=O) groups is 1. The van der Waals surface area contributed by atoms with Gasteiger partial charge >= 0.3 is 6.03 Å². The van der Waals surface area contributed by atoms with Crippen molar-refractivity contribution in [1.82, 2.24) is 4.90 Å². The Bertz CT molecular complexity index is 537. The number of hydrogen-bond donors (Lipinski definition) is 1. The van der Waals surface area contributed by atoms with E-state index in [1.54, 1.807) is 6.07 Å². The fraction of sp³-hybridized carbons (Fsp3) is 0.562. The number of rotatable bonds is 1. The molecule has 1 heterocycles. The molecule has 1 saturated heterocycles. The highest BCUT2D eigenvalue weighted by Crippen LogP contribution is 2.36. The number of carbonyl (C=O) groups excluding carboxylic acids is 1. The third-order valence-corrected chi connectivity index (χ3v) is 5.06. The maximum Gasteiger partial charge on any atom is 0.321 e. The number of urea groups is 1. The van der Waals surface area contributed by atoms with Crippen molar-refractivity contribution >= 4 is 23.3 Å². The van der Waals surface area contributed by atoms with Crippen LogP contribution in [0.25, 0.3) is 0 Å². The molecule has 0 bridgehead atoms. The summed E-state index contributed by atoms with van der Waals surface area (Å²) >= 11 is 5.73. The van der Waals surface area contributed by atoms with Crippen LogP contribution in [-0.2, 0) is 0 Å². The molecule has 21 heavy (non-hydrogen) atoms. The lowest BCUT2D eigenvalue weighted by Crippen LogP contribution is -2.46. The van der Waals surface area contributed by atoms with Gasteiger partial charge in [0.25, 0.3) is 0 Å². The first kappa shape index (κ1) is 14.6. The van der Waals surface area contributed by atoms with E-state index < -0.39 is 5.82 Å². The first-order chi connectivity index (χ1) is 10.1. The van der Waals surface area contributed by atoms with E-state index in [4.69, 9.17) is 11.6 Å². The van der Waals surface area contributed by atoms with Gasteiger partial charge in [0.15, 0.2) is 5.82 Å². The van der Waals surface area contributed by atoms with Crippen molar-refractivity contribution in [3.8, 4) is 0 Å². The van der Waals surface area contributed by atoms with Gasteiger partial charge in [-0.1, -0.05) is 36.9 Å². The number of nitrogens with one attached hydrogen (secondary N) is 1. The van der Waals surface area contributed by atoms with Gasteiger partial charge in [-0.2, -0.15) is 0 Å². The minimum atomic E-state index is -0.569. The van der Waals surface area contributed by atoms with Crippen LogP contribution in [0, 0.1) is 17.7 Å². The minimum absolute atomic E-state index is 0.0267. The number of nitrogens with zero attached hydrogens (tertiary/aromatic N) is 1. The highest BCUT2D eigenvalue weighted by molar-refractivity contribution is 6.31. The largest absolute Gasteiger partial charge is 0.324 e. The zero-order chi connectivity index (χ0) is 14.8. The number of hydrogen-bond acceptors (Lipinski definition) is 1. The Balaban J connectivity index is 1.64. The van der Waals surface area contributed by atoms with Crippen molar-refractivity contribution in [3.05, 3.63) is 29.0 Å². The van der Waals surface area contributed by atoms with Crippen LogP contribution in [0.3, 0.4) is 0 Å². The van der Waals surface area contributed by atoms with E-state index in [1.165, 1.54) is 37.8 Å². The van der Waals surface area contributed by atoms with Crippen LogP contribution < -0.4 is 5.32 Å². The van der Waals surface area contributed by atoms with Crippen LogP contribution in [0.5, 0.6) is 0 Å². The fourth-order valence-corrected chi connectivity index (χ4v) is 3.75. The van der Waals surface area contributed by atoms with Crippen LogP contribution >= 0.6 is 11.6 Å². The standard InChI is InChI=1S/C16H20ClFN2O/c17-13-6-3-7-14(15(13)18)19-16(21)20-9-8-11-4-1-2-5-12(11)10-20/h3,6-7,11-12H,1-2,4-5,8-10H2,(H,19,21)/t11-,12+/m1/s1. The molecule has 1 aliphatic carbocycles. The monoisotopic (exact) mass is 310 g/mol. The van der Waals surface area contributed by atoms with E-state index in [-0.39, 0.29) is 16.7 Å². The summed E-state index contributed by atoms with van der Waals surface area (Å²) in [7, 11) is 0. The van der Waals surface area contributed by atoms with Gasteiger partial charge in [0.2, 0.25) is 0 Å². The first-order valence-electron chi connectivity index (χ1n) is 7.65. The number of halogens is 2. The summed E-state index contributed by atoms with van der Waals surface area (Å²) in [6, 6.07) is 4.42. The molecule has 1 aromatic carbocycles. The summed E-state index contributed by atoms with van der Waals surface area (Å²) in [5.41, 5.74) is 0.151. The summed E-state index contributed by atoms with van der Waals surface area (Å²) in [6.45, 7) is 1.55. The van der Waals surface area contributed by atoms with Crippen molar-refractivity contribution in [2.45, 2.75) is 32.1 Å². The molecule has 2 atom stereocenters. The summed E-state index contributed by atoms with van der Waals surface area (Å²) in [4.78, 5) is 14.1. The molecular weight excluding hydrogens is 291 g/mol. The van der Waals surface area contributed by atoms with Crippen molar-refractivity contribution in [2.24, 2.45) is 11.8 Å². The summed E-state index contributed by atoms with van der Waals surface area (Å²) < 4.78 is 13.8. The lowest BCUT2D eigenvalue weighted by atomic mass is 9.75. The van der Waals surface area contributed by atoms with Gasteiger partial charge in [0.1, 0.15) is 0 Å². The third kappa shape index (κ3) is 3.15. The van der Waals surface area contributed by atoms with Crippen LogP contribution in [0.2, 0.25) is 5.02 Å². The minimum Gasteiger partial charge on any atom is -0.324 e.